The molecule has 2 heterocycles. The third kappa shape index (κ3) is 2.82. The molecule has 6 nitrogen and oxygen atoms in total. The molecule has 2 aliphatic heterocycles. The van der Waals surface area contributed by atoms with E-state index >= 15 is 0 Å². The number of rotatable bonds is 2. The molecule has 1 atom stereocenters. The van der Waals surface area contributed by atoms with Crippen LogP contribution in [0.5, 0.6) is 17.2 Å². The standard InChI is InChI=1S/C18H18N2O4/c21-18(19-13-8-9-22-15-6-2-1-4-12(13)15)20-14-5-3-7-16-17(14)24-11-10-23-16/h1-7,13H,8-11H2,(H2,19,20,21). The van der Waals surface area contributed by atoms with Gasteiger partial charge in [0, 0.05) is 12.0 Å². The first kappa shape index (κ1) is 14.7. The van der Waals surface area contributed by atoms with Crippen LogP contribution in [0, 0.1) is 0 Å². The summed E-state index contributed by atoms with van der Waals surface area (Å²) in [6, 6.07) is 12.9. The molecular weight excluding hydrogens is 308 g/mol. The van der Waals surface area contributed by atoms with E-state index in [0.717, 1.165) is 17.7 Å². The zero-order valence-electron chi connectivity index (χ0n) is 13.1. The number of para-hydroxylation sites is 2. The number of benzene rings is 2. The first-order valence-electron chi connectivity index (χ1n) is 7.99. The molecule has 2 amide bonds. The molecule has 0 spiro atoms. The van der Waals surface area contributed by atoms with Gasteiger partial charge in [-0.1, -0.05) is 24.3 Å². The van der Waals surface area contributed by atoms with E-state index < -0.39 is 0 Å². The summed E-state index contributed by atoms with van der Waals surface area (Å²) >= 11 is 0. The maximum absolute atomic E-state index is 12.4. The lowest BCUT2D eigenvalue weighted by Gasteiger charge is -2.27. The van der Waals surface area contributed by atoms with Gasteiger partial charge in [0.15, 0.2) is 11.5 Å². The highest BCUT2D eigenvalue weighted by molar-refractivity contribution is 5.92. The second-order valence-electron chi connectivity index (χ2n) is 5.66. The van der Waals surface area contributed by atoms with Gasteiger partial charge >= 0.3 is 6.03 Å². The monoisotopic (exact) mass is 326 g/mol. The van der Waals surface area contributed by atoms with Gasteiger partial charge in [-0.05, 0) is 18.2 Å². The number of anilines is 1. The third-order valence-electron chi connectivity index (χ3n) is 4.08. The van der Waals surface area contributed by atoms with Crippen molar-refractivity contribution in [3.63, 3.8) is 0 Å². The van der Waals surface area contributed by atoms with Crippen LogP contribution in [-0.2, 0) is 0 Å². The highest BCUT2D eigenvalue weighted by atomic mass is 16.6. The number of fused-ring (bicyclic) bond motifs is 2. The van der Waals surface area contributed by atoms with Crippen LogP contribution in [0.25, 0.3) is 0 Å². The van der Waals surface area contributed by atoms with Gasteiger partial charge in [0.2, 0.25) is 0 Å². The summed E-state index contributed by atoms with van der Waals surface area (Å²) in [7, 11) is 0. The van der Waals surface area contributed by atoms with Crippen molar-refractivity contribution in [3.05, 3.63) is 48.0 Å². The van der Waals surface area contributed by atoms with Crippen molar-refractivity contribution >= 4 is 11.7 Å². The minimum atomic E-state index is -0.278. The van der Waals surface area contributed by atoms with Gasteiger partial charge in [-0.2, -0.15) is 0 Å². The predicted octanol–water partition coefficient (Wildman–Crippen LogP) is 3.10. The van der Waals surface area contributed by atoms with Gasteiger partial charge in [-0.15, -0.1) is 0 Å². The van der Waals surface area contributed by atoms with Gasteiger partial charge in [-0.25, -0.2) is 4.79 Å². The van der Waals surface area contributed by atoms with E-state index in [9.17, 15) is 4.79 Å². The summed E-state index contributed by atoms with van der Waals surface area (Å²) in [6.45, 7) is 1.57. The predicted molar refractivity (Wildman–Crippen MR) is 88.9 cm³/mol. The lowest BCUT2D eigenvalue weighted by molar-refractivity contribution is 0.172. The SMILES string of the molecule is O=C(Nc1cccc2c1OCCO2)NC1CCOc2ccccc21. The van der Waals surface area contributed by atoms with Crippen LogP contribution in [0.4, 0.5) is 10.5 Å². The normalized spacial score (nSPS) is 18.1. The van der Waals surface area contributed by atoms with Crippen molar-refractivity contribution < 1.29 is 19.0 Å². The summed E-state index contributed by atoms with van der Waals surface area (Å²) in [5.74, 6) is 2.05. The average molecular weight is 326 g/mol. The highest BCUT2D eigenvalue weighted by Gasteiger charge is 2.23. The number of carbonyl (C=O) groups is 1. The topological polar surface area (TPSA) is 68.8 Å². The van der Waals surface area contributed by atoms with Gasteiger partial charge in [0.05, 0.1) is 18.3 Å². The molecule has 2 aromatic rings. The molecule has 0 saturated heterocycles. The fourth-order valence-electron chi connectivity index (χ4n) is 2.98. The van der Waals surface area contributed by atoms with Crippen LogP contribution in [0.3, 0.4) is 0 Å². The second-order valence-corrected chi connectivity index (χ2v) is 5.66. The van der Waals surface area contributed by atoms with Gasteiger partial charge < -0.3 is 24.8 Å². The fraction of sp³-hybridized carbons (Fsp3) is 0.278. The Morgan fingerprint density at radius 3 is 2.67 bits per heavy atom. The Labute approximate surface area is 139 Å². The van der Waals surface area contributed by atoms with E-state index in [1.165, 1.54) is 0 Å². The smallest absolute Gasteiger partial charge is 0.319 e. The van der Waals surface area contributed by atoms with Crippen molar-refractivity contribution in [2.24, 2.45) is 0 Å². The zero-order chi connectivity index (χ0) is 16.4. The largest absolute Gasteiger partial charge is 0.493 e. The number of carbonyl (C=O) groups excluding carboxylic acids is 1. The number of ether oxygens (including phenoxy) is 3. The molecule has 4 rings (SSSR count). The molecule has 0 aromatic heterocycles. The summed E-state index contributed by atoms with van der Waals surface area (Å²) < 4.78 is 16.8. The number of nitrogens with one attached hydrogen (secondary N) is 2. The fourth-order valence-corrected chi connectivity index (χ4v) is 2.98. The minimum absolute atomic E-state index is 0.0772. The molecule has 0 fully saturated rings. The van der Waals surface area contributed by atoms with Crippen molar-refractivity contribution in [3.8, 4) is 17.2 Å². The molecule has 24 heavy (non-hydrogen) atoms. The van der Waals surface area contributed by atoms with Crippen molar-refractivity contribution in [1.82, 2.24) is 5.32 Å². The van der Waals surface area contributed by atoms with Crippen LogP contribution >= 0.6 is 0 Å². The minimum Gasteiger partial charge on any atom is -0.493 e. The molecule has 6 heteroatoms. The van der Waals surface area contributed by atoms with E-state index in [2.05, 4.69) is 10.6 Å². The molecule has 0 radical (unpaired) electrons. The van der Waals surface area contributed by atoms with Crippen LogP contribution < -0.4 is 24.8 Å². The third-order valence-corrected chi connectivity index (χ3v) is 4.08. The summed E-state index contributed by atoms with van der Waals surface area (Å²) in [4.78, 5) is 12.4. The molecular formula is C18H18N2O4. The number of hydrogen-bond donors (Lipinski definition) is 2. The van der Waals surface area contributed by atoms with Gasteiger partial charge in [-0.3, -0.25) is 0 Å². The molecule has 1 unspecified atom stereocenters. The first-order valence-corrected chi connectivity index (χ1v) is 7.99. The number of hydrogen-bond acceptors (Lipinski definition) is 4. The average Bonchev–Trinajstić information content (AvgIpc) is 2.62. The lowest BCUT2D eigenvalue weighted by atomic mass is 10.0. The molecule has 124 valence electrons. The first-order chi connectivity index (χ1) is 11.8. The van der Waals surface area contributed by atoms with E-state index in [1.807, 2.05) is 36.4 Å². The Balaban J connectivity index is 1.49. The molecule has 0 aliphatic carbocycles. The Morgan fingerprint density at radius 2 is 1.71 bits per heavy atom. The summed E-state index contributed by atoms with van der Waals surface area (Å²) in [5, 5.41) is 5.86. The Hall–Kier alpha value is -2.89. The highest BCUT2D eigenvalue weighted by Crippen LogP contribution is 2.37. The second kappa shape index (κ2) is 6.31. The van der Waals surface area contributed by atoms with Crippen LogP contribution in [0.15, 0.2) is 42.5 Å². The van der Waals surface area contributed by atoms with Crippen LogP contribution in [0.2, 0.25) is 0 Å². The van der Waals surface area contributed by atoms with Gasteiger partial charge in [0.25, 0.3) is 0 Å². The maximum atomic E-state index is 12.4. The number of urea groups is 1. The van der Waals surface area contributed by atoms with Gasteiger partial charge in [0.1, 0.15) is 19.0 Å². The molecule has 2 N–H and O–H groups in total. The van der Waals surface area contributed by atoms with E-state index in [4.69, 9.17) is 14.2 Å². The van der Waals surface area contributed by atoms with Crippen molar-refractivity contribution in [2.75, 3.05) is 25.1 Å². The quantitative estimate of drug-likeness (QED) is 0.890. The van der Waals surface area contributed by atoms with Crippen molar-refractivity contribution in [2.45, 2.75) is 12.5 Å². The Bertz CT molecular complexity index is 762. The molecule has 2 aliphatic rings. The lowest BCUT2D eigenvalue weighted by Crippen LogP contribution is -2.35. The summed E-state index contributed by atoms with van der Waals surface area (Å²) in [6.07, 6.45) is 0.733. The molecule has 2 aromatic carbocycles. The zero-order valence-corrected chi connectivity index (χ0v) is 13.1. The maximum Gasteiger partial charge on any atom is 0.319 e. The van der Waals surface area contributed by atoms with E-state index in [1.54, 1.807) is 6.07 Å². The Morgan fingerprint density at radius 1 is 0.917 bits per heavy atom. The molecule has 0 saturated carbocycles. The number of amides is 2. The molecule has 0 bridgehead atoms. The van der Waals surface area contributed by atoms with Crippen LogP contribution in [-0.4, -0.2) is 25.9 Å². The van der Waals surface area contributed by atoms with Crippen molar-refractivity contribution in [1.29, 1.82) is 0 Å². The van der Waals surface area contributed by atoms with E-state index in [0.29, 0.717) is 37.0 Å². The van der Waals surface area contributed by atoms with Crippen LogP contribution in [0.1, 0.15) is 18.0 Å². The summed E-state index contributed by atoms with van der Waals surface area (Å²) in [5.41, 5.74) is 1.60. The Kier molecular flexibility index (Phi) is 3.86. The van der Waals surface area contributed by atoms with E-state index in [-0.39, 0.29) is 12.1 Å².